The highest BCUT2D eigenvalue weighted by Crippen LogP contribution is 2.42. The maximum atomic E-state index is 12.2. The number of allylic oxidation sites excluding steroid dienone is 2. The van der Waals surface area contributed by atoms with Crippen LogP contribution in [0.1, 0.15) is 26.7 Å². The minimum Gasteiger partial charge on any atom is -0.403 e. The Balaban J connectivity index is 2.08. The Labute approximate surface area is 174 Å². The first-order valence-corrected chi connectivity index (χ1v) is 9.66. The number of carbonyl (C=O) groups excluding carboxylic acids is 2. The van der Waals surface area contributed by atoms with Crippen LogP contribution in [-0.4, -0.2) is 12.3 Å². The second kappa shape index (κ2) is 10.1. The zero-order valence-corrected chi connectivity index (χ0v) is 16.8. The molecule has 6 nitrogen and oxygen atoms in total. The minimum atomic E-state index is -0.854. The van der Waals surface area contributed by atoms with Crippen LogP contribution in [0.4, 0.5) is 9.59 Å². The lowest BCUT2D eigenvalue weighted by Gasteiger charge is -2.15. The first-order chi connectivity index (χ1) is 14.7. The van der Waals surface area contributed by atoms with E-state index in [1.54, 1.807) is 60.7 Å². The topological polar surface area (TPSA) is 71.1 Å². The van der Waals surface area contributed by atoms with Crippen molar-refractivity contribution in [2.75, 3.05) is 0 Å². The average Bonchev–Trinajstić information content (AvgIpc) is 2.76. The zero-order valence-electron chi connectivity index (χ0n) is 16.8. The van der Waals surface area contributed by atoms with Gasteiger partial charge in [0.2, 0.25) is 0 Å². The largest absolute Gasteiger partial charge is 0.518 e. The Morgan fingerprint density at radius 1 is 0.667 bits per heavy atom. The van der Waals surface area contributed by atoms with Gasteiger partial charge in [-0.2, -0.15) is 0 Å². The fraction of sp³-hybridized carbons (Fsp3) is 0.167. The first-order valence-electron chi connectivity index (χ1n) is 9.66. The van der Waals surface area contributed by atoms with Crippen molar-refractivity contribution in [2.24, 2.45) is 0 Å². The third kappa shape index (κ3) is 4.78. The van der Waals surface area contributed by atoms with E-state index in [4.69, 9.17) is 18.9 Å². The lowest BCUT2D eigenvalue weighted by molar-refractivity contribution is 0.134. The molecule has 0 fully saturated rings. The standard InChI is InChI=1S/C24H22O6/c1-3-5-15-27-23(25)29-21-17-11-7-9-13-19(17)22(20-14-10-8-12-18(20)21)30-24(26)28-16-6-4-2/h5-16H,3-4H2,1-2H3/b15-5+,16-6+. The van der Waals surface area contributed by atoms with E-state index in [2.05, 4.69) is 0 Å². The van der Waals surface area contributed by atoms with Crippen LogP contribution < -0.4 is 9.47 Å². The number of hydrogen-bond acceptors (Lipinski definition) is 6. The number of fused-ring (bicyclic) bond motifs is 2. The molecule has 0 aromatic heterocycles. The maximum Gasteiger partial charge on any atom is 0.518 e. The predicted octanol–water partition coefficient (Wildman–Crippen LogP) is 6.87. The number of carbonyl (C=O) groups is 2. The van der Waals surface area contributed by atoms with Crippen molar-refractivity contribution >= 4 is 33.9 Å². The molecule has 0 unspecified atom stereocenters. The van der Waals surface area contributed by atoms with Gasteiger partial charge in [-0.05, 0) is 25.0 Å². The van der Waals surface area contributed by atoms with Crippen molar-refractivity contribution in [3.8, 4) is 11.5 Å². The summed E-state index contributed by atoms with van der Waals surface area (Å²) < 4.78 is 21.0. The van der Waals surface area contributed by atoms with E-state index in [1.165, 1.54) is 12.5 Å². The molecule has 0 amide bonds. The Kier molecular flexibility index (Phi) is 7.05. The number of benzene rings is 3. The maximum absolute atomic E-state index is 12.2. The summed E-state index contributed by atoms with van der Waals surface area (Å²) in [6.45, 7) is 3.85. The van der Waals surface area contributed by atoms with Gasteiger partial charge in [0.1, 0.15) is 11.5 Å². The molecule has 0 N–H and O–H groups in total. The molecular formula is C24H22O6. The summed E-state index contributed by atoms with van der Waals surface area (Å²) in [5, 5.41) is 2.39. The van der Waals surface area contributed by atoms with Crippen LogP contribution in [0.15, 0.2) is 73.2 Å². The van der Waals surface area contributed by atoms with Crippen molar-refractivity contribution < 1.29 is 28.5 Å². The molecule has 154 valence electrons. The van der Waals surface area contributed by atoms with Crippen LogP contribution in [0, 0.1) is 0 Å². The molecule has 0 heterocycles. The van der Waals surface area contributed by atoms with Gasteiger partial charge in [0.25, 0.3) is 0 Å². The quantitative estimate of drug-likeness (QED) is 0.192. The molecule has 30 heavy (non-hydrogen) atoms. The summed E-state index contributed by atoms with van der Waals surface area (Å²) >= 11 is 0. The first kappa shape index (κ1) is 20.9. The van der Waals surface area contributed by atoms with Gasteiger partial charge in [0.05, 0.1) is 12.5 Å². The molecule has 0 saturated heterocycles. The highest BCUT2D eigenvalue weighted by molar-refractivity contribution is 6.12. The lowest BCUT2D eigenvalue weighted by atomic mass is 10.0. The SMILES string of the molecule is CC/C=C/OC(=O)Oc1c2ccccc2c(OC(=O)O/C=C/CC)c2ccccc12. The van der Waals surface area contributed by atoms with Gasteiger partial charge >= 0.3 is 12.3 Å². The van der Waals surface area contributed by atoms with E-state index in [1.807, 2.05) is 13.8 Å². The van der Waals surface area contributed by atoms with Crippen molar-refractivity contribution in [1.82, 2.24) is 0 Å². The monoisotopic (exact) mass is 406 g/mol. The number of hydrogen-bond donors (Lipinski definition) is 0. The van der Waals surface area contributed by atoms with E-state index in [9.17, 15) is 9.59 Å². The lowest BCUT2D eigenvalue weighted by Crippen LogP contribution is -2.10. The summed E-state index contributed by atoms with van der Waals surface area (Å²) in [5.41, 5.74) is 0. The van der Waals surface area contributed by atoms with Crippen molar-refractivity contribution in [3.63, 3.8) is 0 Å². The van der Waals surface area contributed by atoms with Gasteiger partial charge < -0.3 is 18.9 Å². The van der Waals surface area contributed by atoms with E-state index in [0.717, 1.165) is 12.8 Å². The summed E-state index contributed by atoms with van der Waals surface area (Å²) in [4.78, 5) is 24.4. The predicted molar refractivity (Wildman–Crippen MR) is 115 cm³/mol. The van der Waals surface area contributed by atoms with Crippen LogP contribution in [0.3, 0.4) is 0 Å². The third-order valence-electron chi connectivity index (χ3n) is 4.20. The Bertz CT molecular complexity index is 968. The fourth-order valence-electron chi connectivity index (χ4n) is 2.88. The Morgan fingerprint density at radius 2 is 1.00 bits per heavy atom. The normalized spacial score (nSPS) is 11.3. The van der Waals surface area contributed by atoms with Crippen molar-refractivity contribution in [1.29, 1.82) is 0 Å². The van der Waals surface area contributed by atoms with Crippen molar-refractivity contribution in [3.05, 3.63) is 73.2 Å². The molecule has 3 rings (SSSR count). The van der Waals surface area contributed by atoms with Crippen molar-refractivity contribution in [2.45, 2.75) is 26.7 Å². The Morgan fingerprint density at radius 3 is 1.30 bits per heavy atom. The molecule has 0 spiro atoms. The highest BCUT2D eigenvalue weighted by atomic mass is 16.7. The van der Waals surface area contributed by atoms with Gasteiger partial charge in [-0.25, -0.2) is 9.59 Å². The molecule has 0 aliphatic heterocycles. The summed E-state index contributed by atoms with van der Waals surface area (Å²) in [6, 6.07) is 14.3. The highest BCUT2D eigenvalue weighted by Gasteiger charge is 2.20. The average molecular weight is 406 g/mol. The van der Waals surface area contributed by atoms with Crippen LogP contribution in [-0.2, 0) is 9.47 Å². The second-order valence-corrected chi connectivity index (χ2v) is 6.25. The third-order valence-corrected chi connectivity index (χ3v) is 4.20. The smallest absolute Gasteiger partial charge is 0.403 e. The minimum absolute atomic E-state index is 0.322. The molecule has 3 aromatic rings. The second-order valence-electron chi connectivity index (χ2n) is 6.25. The van der Waals surface area contributed by atoms with Crippen LogP contribution in [0.2, 0.25) is 0 Å². The number of rotatable bonds is 6. The van der Waals surface area contributed by atoms with Gasteiger partial charge in [0, 0.05) is 21.5 Å². The van der Waals surface area contributed by atoms with Gasteiger partial charge in [0.15, 0.2) is 0 Å². The van der Waals surface area contributed by atoms with Gasteiger partial charge in [-0.3, -0.25) is 0 Å². The molecule has 0 bridgehead atoms. The number of ether oxygens (including phenoxy) is 4. The van der Waals surface area contributed by atoms with Crippen LogP contribution in [0.25, 0.3) is 21.5 Å². The van der Waals surface area contributed by atoms with Crippen LogP contribution >= 0.6 is 0 Å². The van der Waals surface area contributed by atoms with Crippen LogP contribution in [0.5, 0.6) is 11.5 Å². The van der Waals surface area contributed by atoms with Gasteiger partial charge in [-0.15, -0.1) is 0 Å². The summed E-state index contributed by atoms with van der Waals surface area (Å²) in [5.74, 6) is 0.644. The molecule has 6 heteroatoms. The van der Waals surface area contributed by atoms with Gasteiger partial charge in [-0.1, -0.05) is 62.4 Å². The molecule has 3 aromatic carbocycles. The summed E-state index contributed by atoms with van der Waals surface area (Å²) in [6.07, 6.45) is 5.75. The molecule has 0 saturated carbocycles. The van der Waals surface area contributed by atoms with E-state index in [0.29, 0.717) is 33.0 Å². The van der Waals surface area contributed by atoms with E-state index >= 15 is 0 Å². The Hall–Kier alpha value is -3.80. The molecular weight excluding hydrogens is 384 g/mol. The summed E-state index contributed by atoms with van der Waals surface area (Å²) in [7, 11) is 0. The van der Waals surface area contributed by atoms with E-state index < -0.39 is 12.3 Å². The molecule has 0 atom stereocenters. The van der Waals surface area contributed by atoms with E-state index in [-0.39, 0.29) is 0 Å². The zero-order chi connectivity index (χ0) is 21.3. The molecule has 0 aliphatic carbocycles. The fourth-order valence-corrected chi connectivity index (χ4v) is 2.88. The molecule has 0 radical (unpaired) electrons. The molecule has 0 aliphatic rings.